The monoisotopic (exact) mass is 269 g/mol. The van der Waals surface area contributed by atoms with E-state index in [1.165, 1.54) is 13.2 Å². The van der Waals surface area contributed by atoms with Crippen molar-refractivity contribution in [3.8, 4) is 0 Å². The summed E-state index contributed by atoms with van der Waals surface area (Å²) >= 11 is 0. The third kappa shape index (κ3) is 7.36. The van der Waals surface area contributed by atoms with E-state index in [2.05, 4.69) is 10.8 Å². The van der Waals surface area contributed by atoms with Crippen molar-refractivity contribution in [2.75, 3.05) is 13.6 Å². The lowest BCUT2D eigenvalue weighted by molar-refractivity contribution is -0.648. The Morgan fingerprint density at radius 2 is 2.26 bits per heavy atom. The van der Waals surface area contributed by atoms with E-state index in [4.69, 9.17) is 4.91 Å². The van der Waals surface area contributed by atoms with Crippen LogP contribution in [0.15, 0.2) is 29.8 Å². The molecule has 0 amide bonds. The molecule has 0 saturated heterocycles. The zero-order valence-corrected chi connectivity index (χ0v) is 10.4. The van der Waals surface area contributed by atoms with Gasteiger partial charge in [0.25, 0.3) is 0 Å². The van der Waals surface area contributed by atoms with Gasteiger partial charge in [0.05, 0.1) is 13.6 Å². The molecule has 0 radical (unpaired) electrons. The average molecular weight is 269 g/mol. The van der Waals surface area contributed by atoms with Crippen LogP contribution in [-0.4, -0.2) is 34.4 Å². The zero-order valence-electron chi connectivity index (χ0n) is 10.4. The molecule has 1 rings (SSSR count). The molecule has 1 heterocycles. The van der Waals surface area contributed by atoms with E-state index in [1.54, 1.807) is 23.6 Å². The summed E-state index contributed by atoms with van der Waals surface area (Å²) in [5.74, 6) is 3.88. The number of nitrogens with zero attached hydrogens (tertiary/aromatic N) is 4. The van der Waals surface area contributed by atoms with Crippen LogP contribution in [0.1, 0.15) is 23.2 Å². The Hall–Kier alpha value is -2.58. The third-order valence-electron chi connectivity index (χ3n) is 2.15. The minimum Gasteiger partial charge on any atom is -0.294 e. The zero-order chi connectivity index (χ0) is 14.7. The Bertz CT molecular complexity index is 412. The number of aromatic nitrogens is 1. The highest BCUT2D eigenvalue weighted by atomic mass is 16.7. The molecule has 1 aromatic heterocycles. The molecule has 0 fully saturated rings. The first kappa shape index (κ1) is 16.4. The molecule has 0 bridgehead atoms. The highest BCUT2D eigenvalue weighted by Crippen LogP contribution is 2.04. The molecule has 0 aliphatic rings. The van der Waals surface area contributed by atoms with Gasteiger partial charge in [-0.15, -0.1) is 9.92 Å². The van der Waals surface area contributed by atoms with Crippen molar-refractivity contribution in [3.05, 3.63) is 45.1 Å². The molecule has 2 N–H and O–H groups in total. The molecule has 0 aliphatic carbocycles. The second-order valence-electron chi connectivity index (χ2n) is 3.49. The molecule has 1 aromatic rings. The molecule has 0 spiro atoms. The smallest absolute Gasteiger partial charge is 0.164 e. The van der Waals surface area contributed by atoms with Gasteiger partial charge in [0, 0.05) is 29.7 Å². The predicted octanol–water partition coefficient (Wildman–Crippen LogP) is 0.794. The van der Waals surface area contributed by atoms with Crippen molar-refractivity contribution in [1.82, 2.24) is 9.99 Å². The number of hydrogen-bond donors (Lipinski definition) is 1. The first-order valence-corrected chi connectivity index (χ1v) is 5.34. The van der Waals surface area contributed by atoms with Gasteiger partial charge in [0.15, 0.2) is 10.8 Å². The Kier molecular flexibility index (Phi) is 8.17. The fourth-order valence-electron chi connectivity index (χ4n) is 1.22. The maximum Gasteiger partial charge on any atom is 0.164 e. The number of carbonyl (C=O) groups excluding carboxylic acids is 1. The molecular formula is C10H15N5O4. The molecule has 9 nitrogen and oxygen atoms in total. The lowest BCUT2D eigenvalue weighted by Gasteiger charge is -2.07. The Labute approximate surface area is 109 Å². The van der Waals surface area contributed by atoms with Crippen LogP contribution >= 0.6 is 0 Å². The summed E-state index contributed by atoms with van der Waals surface area (Å²) in [6.07, 6.45) is 3.85. The summed E-state index contributed by atoms with van der Waals surface area (Å²) in [6, 6.07) is 3.38. The lowest BCUT2D eigenvalue weighted by Crippen LogP contribution is -2.26. The van der Waals surface area contributed by atoms with Crippen LogP contribution in [0.2, 0.25) is 0 Å². The van der Waals surface area contributed by atoms with Gasteiger partial charge in [0.1, 0.15) is 0 Å². The van der Waals surface area contributed by atoms with Gasteiger partial charge in [-0.1, -0.05) is 0 Å². The summed E-state index contributed by atoms with van der Waals surface area (Å²) < 4.78 is 0. The van der Waals surface area contributed by atoms with Gasteiger partial charge in [-0.3, -0.25) is 15.6 Å². The molecule has 0 saturated carbocycles. The SMILES string of the molecule is CN(CCCC(=O)c1cccnc1)[N+](=O)[O-].NN=O. The number of pyridine rings is 1. The Balaban J connectivity index is 0.000000982. The predicted molar refractivity (Wildman–Crippen MR) is 67.4 cm³/mol. The van der Waals surface area contributed by atoms with Crippen LogP contribution in [-0.2, 0) is 0 Å². The number of nitrogens with two attached hydrogens (primary N) is 1. The molecule has 0 aromatic carbocycles. The summed E-state index contributed by atoms with van der Waals surface area (Å²) in [5, 5.41) is 12.5. The van der Waals surface area contributed by atoms with Crippen LogP contribution < -0.4 is 5.84 Å². The number of hydrazine groups is 1. The van der Waals surface area contributed by atoms with E-state index in [0.29, 0.717) is 18.4 Å². The van der Waals surface area contributed by atoms with Crippen LogP contribution in [0.4, 0.5) is 0 Å². The van der Waals surface area contributed by atoms with E-state index in [0.717, 1.165) is 5.01 Å². The van der Waals surface area contributed by atoms with Crippen LogP contribution in [0.5, 0.6) is 0 Å². The van der Waals surface area contributed by atoms with Crippen LogP contribution in [0.25, 0.3) is 0 Å². The maximum atomic E-state index is 11.6. The minimum atomic E-state index is -0.492. The van der Waals surface area contributed by atoms with Crippen molar-refractivity contribution in [3.63, 3.8) is 0 Å². The standard InChI is InChI=1S/C10H13N3O3.H2N2O/c1-12(13(15)16)7-3-5-10(14)9-4-2-6-11-8-9;1-2-3/h2,4,6,8H,3,5,7H2,1H3;(H2,1,3). The fraction of sp³-hybridized carbons (Fsp3) is 0.400. The summed E-state index contributed by atoms with van der Waals surface area (Å²) in [7, 11) is 1.38. The summed E-state index contributed by atoms with van der Waals surface area (Å²) in [4.78, 5) is 34.0. The van der Waals surface area contributed by atoms with Crippen molar-refractivity contribution >= 4 is 5.78 Å². The minimum absolute atomic E-state index is 0.0372. The van der Waals surface area contributed by atoms with Gasteiger partial charge in [-0.05, 0) is 18.6 Å². The third-order valence-corrected chi connectivity index (χ3v) is 2.15. The van der Waals surface area contributed by atoms with Gasteiger partial charge in [-0.2, -0.15) is 0 Å². The van der Waals surface area contributed by atoms with E-state index in [9.17, 15) is 14.9 Å². The van der Waals surface area contributed by atoms with Crippen molar-refractivity contribution < 1.29 is 9.83 Å². The van der Waals surface area contributed by atoms with E-state index in [-0.39, 0.29) is 12.3 Å². The molecule has 104 valence electrons. The molecular weight excluding hydrogens is 254 g/mol. The number of hydrogen-bond acceptors (Lipinski definition) is 6. The average Bonchev–Trinajstić information content (AvgIpc) is 2.40. The summed E-state index contributed by atoms with van der Waals surface area (Å²) in [5.41, 5.74) is 0.547. The molecule has 9 heteroatoms. The molecule has 0 unspecified atom stereocenters. The number of nitro groups is 1. The van der Waals surface area contributed by atoms with Gasteiger partial charge in [0.2, 0.25) is 0 Å². The van der Waals surface area contributed by atoms with E-state index >= 15 is 0 Å². The normalized spacial score (nSPS) is 8.89. The molecule has 0 aliphatic heterocycles. The first-order valence-electron chi connectivity index (χ1n) is 5.34. The Morgan fingerprint density at radius 1 is 1.63 bits per heavy atom. The molecule has 19 heavy (non-hydrogen) atoms. The van der Waals surface area contributed by atoms with Crippen molar-refractivity contribution in [2.45, 2.75) is 12.8 Å². The second kappa shape index (κ2) is 9.45. The number of Topliss-reactive ketones (excluding diaryl/α,β-unsaturated/α-hetero) is 1. The fourth-order valence-corrected chi connectivity index (χ4v) is 1.22. The number of rotatable bonds is 6. The quantitative estimate of drug-likeness (QED) is 0.265. The van der Waals surface area contributed by atoms with Gasteiger partial charge >= 0.3 is 0 Å². The number of ketones is 1. The van der Waals surface area contributed by atoms with Crippen molar-refractivity contribution in [1.29, 1.82) is 0 Å². The lowest BCUT2D eigenvalue weighted by atomic mass is 10.1. The van der Waals surface area contributed by atoms with E-state index < -0.39 is 5.03 Å². The van der Waals surface area contributed by atoms with Gasteiger partial charge < -0.3 is 0 Å². The van der Waals surface area contributed by atoms with Gasteiger partial charge in [-0.25, -0.2) is 10.1 Å². The summed E-state index contributed by atoms with van der Waals surface area (Å²) in [6.45, 7) is 0.263. The maximum absolute atomic E-state index is 11.6. The Morgan fingerprint density at radius 3 is 2.74 bits per heavy atom. The highest BCUT2D eigenvalue weighted by molar-refractivity contribution is 5.95. The number of carbonyl (C=O) groups is 1. The van der Waals surface area contributed by atoms with Crippen LogP contribution in [0, 0.1) is 15.0 Å². The topological polar surface area (TPSA) is 132 Å². The van der Waals surface area contributed by atoms with E-state index in [1.807, 2.05) is 0 Å². The first-order chi connectivity index (χ1) is 9.02. The van der Waals surface area contributed by atoms with Crippen molar-refractivity contribution in [2.24, 2.45) is 11.1 Å². The second-order valence-corrected chi connectivity index (χ2v) is 3.49. The van der Waals surface area contributed by atoms with Crippen LogP contribution in [0.3, 0.4) is 0 Å². The number of nitroso groups, excluding NO2 is 1. The molecule has 0 atom stereocenters. The largest absolute Gasteiger partial charge is 0.294 e. The highest BCUT2D eigenvalue weighted by Gasteiger charge is 2.09.